The van der Waals surface area contributed by atoms with Crippen LogP contribution in [0.15, 0.2) is 67.0 Å². The lowest BCUT2D eigenvalue weighted by Gasteiger charge is -2.25. The van der Waals surface area contributed by atoms with Gasteiger partial charge in [-0.25, -0.2) is 0 Å². The van der Waals surface area contributed by atoms with Crippen LogP contribution in [0.1, 0.15) is 28.4 Å². The van der Waals surface area contributed by atoms with E-state index in [1.54, 1.807) is 6.20 Å². The second kappa shape index (κ2) is 7.03. The summed E-state index contributed by atoms with van der Waals surface area (Å²) in [6.45, 7) is 1.94. The zero-order valence-electron chi connectivity index (χ0n) is 14.0. The highest BCUT2D eigenvalue weighted by atomic mass is 16.1. The van der Waals surface area contributed by atoms with E-state index in [2.05, 4.69) is 27.8 Å². The van der Waals surface area contributed by atoms with Crippen molar-refractivity contribution in [3.8, 4) is 0 Å². The first-order chi connectivity index (χ1) is 12.3. The molecule has 2 aromatic carbocycles. The molecule has 4 rings (SSSR count). The summed E-state index contributed by atoms with van der Waals surface area (Å²) in [5.41, 5.74) is 1.85. The van der Waals surface area contributed by atoms with Crippen LogP contribution in [0.3, 0.4) is 0 Å². The zero-order chi connectivity index (χ0) is 17.1. The highest BCUT2D eigenvalue weighted by Gasteiger charge is 2.27. The van der Waals surface area contributed by atoms with E-state index in [0.29, 0.717) is 11.5 Å². The Morgan fingerprint density at radius 1 is 1.12 bits per heavy atom. The highest BCUT2D eigenvalue weighted by molar-refractivity contribution is 5.98. The molecule has 4 heteroatoms. The predicted octanol–water partition coefficient (Wildman–Crippen LogP) is 3.32. The van der Waals surface area contributed by atoms with E-state index in [9.17, 15) is 4.79 Å². The molecule has 1 fully saturated rings. The monoisotopic (exact) mass is 331 g/mol. The second-order valence-corrected chi connectivity index (χ2v) is 6.55. The molecule has 0 bridgehead atoms. The first-order valence-corrected chi connectivity index (χ1v) is 8.71. The Hall–Kier alpha value is -2.72. The van der Waals surface area contributed by atoms with Gasteiger partial charge in [0.15, 0.2) is 0 Å². The van der Waals surface area contributed by atoms with Gasteiger partial charge >= 0.3 is 0 Å². The van der Waals surface area contributed by atoms with Gasteiger partial charge in [-0.05, 0) is 48.0 Å². The number of amides is 1. The molecule has 126 valence electrons. The van der Waals surface area contributed by atoms with Gasteiger partial charge in [-0.1, -0.05) is 36.4 Å². The van der Waals surface area contributed by atoms with Crippen molar-refractivity contribution in [1.29, 1.82) is 0 Å². The van der Waals surface area contributed by atoms with E-state index in [1.807, 2.05) is 48.7 Å². The summed E-state index contributed by atoms with van der Waals surface area (Å²) in [4.78, 5) is 17.0. The number of carbonyl (C=O) groups is 1. The zero-order valence-corrected chi connectivity index (χ0v) is 14.0. The third-order valence-electron chi connectivity index (χ3n) is 4.92. The Bertz CT molecular complexity index is 872. The van der Waals surface area contributed by atoms with Gasteiger partial charge in [0.05, 0.1) is 6.04 Å². The van der Waals surface area contributed by atoms with E-state index < -0.39 is 0 Å². The smallest absolute Gasteiger partial charge is 0.251 e. The molecular formula is C21H21N3O. The number of hydrogen-bond acceptors (Lipinski definition) is 3. The maximum atomic E-state index is 12.9. The normalized spacial score (nSPS) is 18.2. The van der Waals surface area contributed by atoms with Crippen LogP contribution in [0.2, 0.25) is 0 Å². The van der Waals surface area contributed by atoms with Crippen LogP contribution in [-0.4, -0.2) is 24.0 Å². The molecule has 0 aliphatic carbocycles. The SMILES string of the molecule is O=C(N[C@H](c1ccccc1)[C@H]1CCNC1)c1ccc2cnccc2c1. The minimum atomic E-state index is -0.0283. The minimum Gasteiger partial charge on any atom is -0.345 e. The lowest BCUT2D eigenvalue weighted by atomic mass is 9.92. The molecule has 2 N–H and O–H groups in total. The van der Waals surface area contributed by atoms with Crippen molar-refractivity contribution in [2.45, 2.75) is 12.5 Å². The van der Waals surface area contributed by atoms with Crippen LogP contribution < -0.4 is 10.6 Å². The standard InChI is InChI=1S/C21H21N3O/c25-21(17-6-7-18-13-22-10-8-16(18)12-17)24-20(19-9-11-23-14-19)15-4-2-1-3-5-15/h1-8,10,12-13,19-20,23H,9,11,14H2,(H,24,25)/t19-,20+/m0/s1. The molecule has 2 atom stereocenters. The first kappa shape index (κ1) is 15.8. The van der Waals surface area contributed by atoms with Crippen molar-refractivity contribution in [1.82, 2.24) is 15.6 Å². The number of nitrogens with one attached hydrogen (secondary N) is 2. The van der Waals surface area contributed by atoms with E-state index >= 15 is 0 Å². The summed E-state index contributed by atoms with van der Waals surface area (Å²) in [6.07, 6.45) is 4.64. The van der Waals surface area contributed by atoms with Crippen LogP contribution in [0.5, 0.6) is 0 Å². The van der Waals surface area contributed by atoms with E-state index in [1.165, 1.54) is 0 Å². The van der Waals surface area contributed by atoms with Gasteiger partial charge < -0.3 is 10.6 Å². The molecule has 3 aromatic rings. The predicted molar refractivity (Wildman–Crippen MR) is 99.4 cm³/mol. The summed E-state index contributed by atoms with van der Waals surface area (Å²) < 4.78 is 0. The van der Waals surface area contributed by atoms with Crippen LogP contribution in [0.25, 0.3) is 10.8 Å². The summed E-state index contributed by atoms with van der Waals surface area (Å²) in [7, 11) is 0. The molecule has 25 heavy (non-hydrogen) atoms. The highest BCUT2D eigenvalue weighted by Crippen LogP contribution is 2.27. The fourth-order valence-corrected chi connectivity index (χ4v) is 3.54. The maximum absolute atomic E-state index is 12.9. The molecule has 1 aliphatic heterocycles. The number of pyridine rings is 1. The Morgan fingerprint density at radius 3 is 2.80 bits per heavy atom. The summed E-state index contributed by atoms with van der Waals surface area (Å²) in [5.74, 6) is 0.385. The van der Waals surface area contributed by atoms with Crippen LogP contribution in [0, 0.1) is 5.92 Å². The Morgan fingerprint density at radius 2 is 2.00 bits per heavy atom. The summed E-state index contributed by atoms with van der Waals surface area (Å²) in [6, 6.07) is 18.0. The van der Waals surface area contributed by atoms with Crippen molar-refractivity contribution >= 4 is 16.7 Å². The molecular weight excluding hydrogens is 310 g/mol. The molecule has 0 saturated carbocycles. The Balaban J connectivity index is 1.61. The molecule has 1 aliphatic rings. The first-order valence-electron chi connectivity index (χ1n) is 8.71. The number of benzene rings is 2. The fraction of sp³-hybridized carbons (Fsp3) is 0.238. The lowest BCUT2D eigenvalue weighted by Crippen LogP contribution is -2.34. The number of hydrogen-bond donors (Lipinski definition) is 2. The third kappa shape index (κ3) is 3.39. The van der Waals surface area contributed by atoms with Gasteiger partial charge in [-0.15, -0.1) is 0 Å². The quantitative estimate of drug-likeness (QED) is 0.771. The van der Waals surface area contributed by atoms with Gasteiger partial charge in [0.2, 0.25) is 0 Å². The average molecular weight is 331 g/mol. The van der Waals surface area contributed by atoms with Crippen LogP contribution >= 0.6 is 0 Å². The van der Waals surface area contributed by atoms with Crippen LogP contribution in [0.4, 0.5) is 0 Å². The molecule has 0 unspecified atom stereocenters. The van der Waals surface area contributed by atoms with Crippen LogP contribution in [-0.2, 0) is 0 Å². The van der Waals surface area contributed by atoms with Crippen molar-refractivity contribution in [2.75, 3.05) is 13.1 Å². The maximum Gasteiger partial charge on any atom is 0.251 e. The van der Waals surface area contributed by atoms with Gasteiger partial charge in [0.25, 0.3) is 5.91 Å². The largest absolute Gasteiger partial charge is 0.345 e. The summed E-state index contributed by atoms with van der Waals surface area (Å²) in [5, 5.41) is 8.73. The van der Waals surface area contributed by atoms with E-state index in [0.717, 1.165) is 35.8 Å². The Labute approximate surface area is 147 Å². The van der Waals surface area contributed by atoms with Crippen molar-refractivity contribution in [2.24, 2.45) is 5.92 Å². The number of nitrogens with zero attached hydrogens (tertiary/aromatic N) is 1. The van der Waals surface area contributed by atoms with E-state index in [-0.39, 0.29) is 11.9 Å². The molecule has 1 aromatic heterocycles. The minimum absolute atomic E-state index is 0.0248. The number of rotatable bonds is 4. The van der Waals surface area contributed by atoms with Crippen molar-refractivity contribution in [3.05, 3.63) is 78.1 Å². The Kier molecular flexibility index (Phi) is 4.44. The number of fused-ring (bicyclic) bond motifs is 1. The molecule has 4 nitrogen and oxygen atoms in total. The molecule has 2 heterocycles. The second-order valence-electron chi connectivity index (χ2n) is 6.55. The number of carbonyl (C=O) groups excluding carboxylic acids is 1. The topological polar surface area (TPSA) is 54.0 Å². The molecule has 0 radical (unpaired) electrons. The van der Waals surface area contributed by atoms with E-state index in [4.69, 9.17) is 0 Å². The van der Waals surface area contributed by atoms with Gasteiger partial charge in [0, 0.05) is 29.9 Å². The van der Waals surface area contributed by atoms with Gasteiger partial charge in [0.1, 0.15) is 0 Å². The molecule has 0 spiro atoms. The lowest BCUT2D eigenvalue weighted by molar-refractivity contribution is 0.0924. The van der Waals surface area contributed by atoms with Crippen molar-refractivity contribution < 1.29 is 4.79 Å². The van der Waals surface area contributed by atoms with Crippen molar-refractivity contribution in [3.63, 3.8) is 0 Å². The molecule has 1 saturated heterocycles. The summed E-state index contributed by atoms with van der Waals surface area (Å²) >= 11 is 0. The van der Waals surface area contributed by atoms with Gasteiger partial charge in [-0.2, -0.15) is 0 Å². The molecule has 1 amide bonds. The average Bonchev–Trinajstić information content (AvgIpc) is 3.20. The third-order valence-corrected chi connectivity index (χ3v) is 4.92. The number of aromatic nitrogens is 1. The fourth-order valence-electron chi connectivity index (χ4n) is 3.54. The van der Waals surface area contributed by atoms with Gasteiger partial charge in [-0.3, -0.25) is 9.78 Å².